The summed E-state index contributed by atoms with van der Waals surface area (Å²) < 4.78 is 1.02. The third-order valence-electron chi connectivity index (χ3n) is 2.09. The average Bonchev–Trinajstić information content (AvgIpc) is 2.18. The van der Waals surface area contributed by atoms with Crippen LogP contribution in [0.5, 0.6) is 0 Å². The molecule has 1 aromatic rings. The van der Waals surface area contributed by atoms with E-state index in [4.69, 9.17) is 11.6 Å². The number of nitrogens with one attached hydrogen (secondary N) is 1. The number of halogens is 2. The highest BCUT2D eigenvalue weighted by molar-refractivity contribution is 9.10. The molecule has 2 atom stereocenters. The molecule has 0 saturated carbocycles. The molecule has 0 heterocycles. The summed E-state index contributed by atoms with van der Waals surface area (Å²) in [5, 5.41) is 2.33. The molecule has 0 fully saturated rings. The van der Waals surface area contributed by atoms with E-state index in [1.165, 1.54) is 0 Å². The summed E-state index contributed by atoms with van der Waals surface area (Å²) in [5.41, 5.74) is 1.06. The van der Waals surface area contributed by atoms with Gasteiger partial charge in [0.1, 0.15) is 5.38 Å². The first-order chi connectivity index (χ1) is 7.00. The van der Waals surface area contributed by atoms with Crippen LogP contribution in [0.1, 0.15) is 25.5 Å². The van der Waals surface area contributed by atoms with Crippen LogP contribution in [0.3, 0.4) is 0 Å². The van der Waals surface area contributed by atoms with E-state index >= 15 is 0 Å². The molecule has 1 rings (SSSR count). The van der Waals surface area contributed by atoms with E-state index in [1.807, 2.05) is 31.2 Å². The second-order valence-corrected chi connectivity index (χ2v) is 4.97. The lowest BCUT2D eigenvalue weighted by molar-refractivity contribution is -0.121. The van der Waals surface area contributed by atoms with Gasteiger partial charge in [0, 0.05) is 4.47 Å². The van der Waals surface area contributed by atoms with Gasteiger partial charge in [-0.05, 0) is 31.5 Å². The number of amides is 1. The molecule has 0 bridgehead atoms. The fourth-order valence-corrected chi connectivity index (χ4v) is 1.49. The molecule has 1 amide bonds. The van der Waals surface area contributed by atoms with Crippen LogP contribution < -0.4 is 5.32 Å². The molecule has 0 aliphatic carbocycles. The lowest BCUT2D eigenvalue weighted by Crippen LogP contribution is -2.31. The van der Waals surface area contributed by atoms with Crippen LogP contribution in [0.25, 0.3) is 0 Å². The Balaban J connectivity index is 2.65. The van der Waals surface area contributed by atoms with Gasteiger partial charge in [0.05, 0.1) is 6.04 Å². The second kappa shape index (κ2) is 5.52. The van der Waals surface area contributed by atoms with Gasteiger partial charge in [-0.15, -0.1) is 11.6 Å². The van der Waals surface area contributed by atoms with Gasteiger partial charge < -0.3 is 5.32 Å². The van der Waals surface area contributed by atoms with E-state index in [0.29, 0.717) is 0 Å². The van der Waals surface area contributed by atoms with Crippen molar-refractivity contribution in [1.82, 2.24) is 5.32 Å². The number of hydrogen-bond acceptors (Lipinski definition) is 1. The number of carbonyl (C=O) groups excluding carboxylic acids is 1. The van der Waals surface area contributed by atoms with E-state index < -0.39 is 5.38 Å². The van der Waals surface area contributed by atoms with E-state index in [0.717, 1.165) is 10.0 Å². The van der Waals surface area contributed by atoms with Crippen LogP contribution in [-0.4, -0.2) is 11.3 Å². The van der Waals surface area contributed by atoms with Gasteiger partial charge in [-0.1, -0.05) is 28.1 Å². The van der Waals surface area contributed by atoms with Gasteiger partial charge in [-0.25, -0.2) is 0 Å². The Morgan fingerprint density at radius 1 is 1.33 bits per heavy atom. The number of benzene rings is 1. The van der Waals surface area contributed by atoms with E-state index in [-0.39, 0.29) is 11.9 Å². The van der Waals surface area contributed by atoms with Crippen LogP contribution in [0.4, 0.5) is 0 Å². The molecule has 2 nitrogen and oxygen atoms in total. The first-order valence-electron chi connectivity index (χ1n) is 4.70. The van der Waals surface area contributed by atoms with Gasteiger partial charge in [-0.3, -0.25) is 4.79 Å². The minimum atomic E-state index is -0.497. The molecule has 0 aliphatic heterocycles. The molecule has 0 radical (unpaired) electrons. The van der Waals surface area contributed by atoms with Crippen molar-refractivity contribution in [3.63, 3.8) is 0 Å². The molecule has 4 heteroatoms. The molecule has 0 aliphatic rings. The van der Waals surface area contributed by atoms with Crippen molar-refractivity contribution in [2.24, 2.45) is 0 Å². The van der Waals surface area contributed by atoms with Crippen LogP contribution in [-0.2, 0) is 4.79 Å². The highest BCUT2D eigenvalue weighted by Gasteiger charge is 2.13. The predicted molar refractivity (Wildman–Crippen MR) is 66.0 cm³/mol. The second-order valence-electron chi connectivity index (χ2n) is 3.40. The molecule has 0 aromatic heterocycles. The van der Waals surface area contributed by atoms with Crippen molar-refractivity contribution < 1.29 is 4.79 Å². The van der Waals surface area contributed by atoms with Gasteiger partial charge >= 0.3 is 0 Å². The van der Waals surface area contributed by atoms with Gasteiger partial charge in [0.15, 0.2) is 0 Å². The Hall–Kier alpha value is -0.540. The molecule has 82 valence electrons. The molecular weight excluding hydrogens is 277 g/mol. The first kappa shape index (κ1) is 12.5. The van der Waals surface area contributed by atoms with Crippen LogP contribution in [0, 0.1) is 0 Å². The van der Waals surface area contributed by atoms with Gasteiger partial charge in [-0.2, -0.15) is 0 Å². The normalized spacial score (nSPS) is 14.4. The van der Waals surface area contributed by atoms with Crippen molar-refractivity contribution in [1.29, 1.82) is 0 Å². The Labute approximate surface area is 103 Å². The maximum absolute atomic E-state index is 11.3. The zero-order valence-electron chi connectivity index (χ0n) is 8.63. The van der Waals surface area contributed by atoms with Gasteiger partial charge in [0.2, 0.25) is 5.91 Å². The van der Waals surface area contributed by atoms with Crippen LogP contribution >= 0.6 is 27.5 Å². The summed E-state index contributed by atoms with van der Waals surface area (Å²) in [6.45, 7) is 3.59. The third kappa shape index (κ3) is 3.84. The summed E-state index contributed by atoms with van der Waals surface area (Å²) >= 11 is 9.03. The van der Waals surface area contributed by atoms with Crippen molar-refractivity contribution >= 4 is 33.4 Å². The quantitative estimate of drug-likeness (QED) is 0.851. The monoisotopic (exact) mass is 289 g/mol. The molecular formula is C11H13BrClNO. The maximum atomic E-state index is 11.3. The van der Waals surface area contributed by atoms with Crippen LogP contribution in [0.15, 0.2) is 28.7 Å². The van der Waals surface area contributed by atoms with E-state index in [9.17, 15) is 4.79 Å². The highest BCUT2D eigenvalue weighted by atomic mass is 79.9. The Bertz CT molecular complexity index is 337. The molecule has 0 saturated heterocycles. The highest BCUT2D eigenvalue weighted by Crippen LogP contribution is 2.16. The fraction of sp³-hybridized carbons (Fsp3) is 0.364. The van der Waals surface area contributed by atoms with E-state index in [2.05, 4.69) is 21.2 Å². The van der Waals surface area contributed by atoms with Crippen LogP contribution in [0.2, 0.25) is 0 Å². The smallest absolute Gasteiger partial charge is 0.238 e. The first-order valence-corrected chi connectivity index (χ1v) is 5.93. The van der Waals surface area contributed by atoms with Crippen molar-refractivity contribution in [2.75, 3.05) is 0 Å². The number of alkyl halides is 1. The number of carbonyl (C=O) groups is 1. The van der Waals surface area contributed by atoms with Gasteiger partial charge in [0.25, 0.3) is 0 Å². The standard InChI is InChI=1S/C11H13BrClNO/c1-7(13)11(15)14-8(2)9-3-5-10(12)6-4-9/h3-8H,1-2H3,(H,14,15). The Morgan fingerprint density at radius 3 is 2.33 bits per heavy atom. The molecule has 1 N–H and O–H groups in total. The molecule has 2 unspecified atom stereocenters. The minimum Gasteiger partial charge on any atom is -0.348 e. The average molecular weight is 291 g/mol. The molecule has 1 aromatic carbocycles. The van der Waals surface area contributed by atoms with Crippen molar-refractivity contribution in [3.8, 4) is 0 Å². The summed E-state index contributed by atoms with van der Waals surface area (Å²) in [5.74, 6) is -0.146. The molecule has 0 spiro atoms. The van der Waals surface area contributed by atoms with E-state index in [1.54, 1.807) is 6.92 Å². The zero-order valence-corrected chi connectivity index (χ0v) is 11.0. The molecule has 15 heavy (non-hydrogen) atoms. The summed E-state index contributed by atoms with van der Waals surface area (Å²) in [7, 11) is 0. The minimum absolute atomic E-state index is 0.0215. The summed E-state index contributed by atoms with van der Waals surface area (Å²) in [4.78, 5) is 11.3. The SMILES string of the molecule is CC(Cl)C(=O)NC(C)c1ccc(Br)cc1. The lowest BCUT2D eigenvalue weighted by atomic mass is 10.1. The fourth-order valence-electron chi connectivity index (χ4n) is 1.16. The third-order valence-corrected chi connectivity index (χ3v) is 2.82. The predicted octanol–water partition coefficient (Wildman–Crippen LogP) is 3.25. The topological polar surface area (TPSA) is 29.1 Å². The Kier molecular flexibility index (Phi) is 4.61. The van der Waals surface area contributed by atoms with Crippen molar-refractivity contribution in [2.45, 2.75) is 25.3 Å². The lowest BCUT2D eigenvalue weighted by Gasteiger charge is -2.15. The summed E-state index contributed by atoms with van der Waals surface area (Å²) in [6.07, 6.45) is 0. The maximum Gasteiger partial charge on any atom is 0.238 e. The number of hydrogen-bond donors (Lipinski definition) is 1. The van der Waals surface area contributed by atoms with Crippen molar-refractivity contribution in [3.05, 3.63) is 34.3 Å². The Morgan fingerprint density at radius 2 is 1.87 bits per heavy atom. The summed E-state index contributed by atoms with van der Waals surface area (Å²) in [6, 6.07) is 7.80. The zero-order chi connectivity index (χ0) is 11.4. The largest absolute Gasteiger partial charge is 0.348 e. The number of rotatable bonds is 3.